The van der Waals surface area contributed by atoms with E-state index in [9.17, 15) is 13.2 Å². The summed E-state index contributed by atoms with van der Waals surface area (Å²) < 4.78 is 28.4. The monoisotopic (exact) mass is 470 g/mol. The molecule has 3 aromatic rings. The van der Waals surface area contributed by atoms with Gasteiger partial charge in [-0.1, -0.05) is 47.5 Å². The van der Waals surface area contributed by atoms with Gasteiger partial charge >= 0.3 is 0 Å². The fraction of sp³-hybridized carbons (Fsp3) is 0.240. The normalized spacial score (nSPS) is 11.2. The van der Waals surface area contributed by atoms with Gasteiger partial charge in [-0.05, 0) is 80.6 Å². The molecule has 5 nitrogen and oxygen atoms in total. The van der Waals surface area contributed by atoms with Gasteiger partial charge in [-0.25, -0.2) is 8.42 Å². The van der Waals surface area contributed by atoms with Crippen molar-refractivity contribution in [2.45, 2.75) is 38.5 Å². The number of halogens is 1. The van der Waals surface area contributed by atoms with E-state index in [-0.39, 0.29) is 21.4 Å². The molecule has 0 atom stereocenters. The summed E-state index contributed by atoms with van der Waals surface area (Å²) in [4.78, 5) is 12.4. The summed E-state index contributed by atoms with van der Waals surface area (Å²) in [6, 6.07) is 17.8. The summed E-state index contributed by atoms with van der Waals surface area (Å²) in [7, 11) is -3.96. The third-order valence-electron chi connectivity index (χ3n) is 5.25. The molecule has 168 valence electrons. The van der Waals surface area contributed by atoms with Gasteiger partial charge in [0.1, 0.15) is 4.90 Å². The smallest absolute Gasteiger partial charge is 0.263 e. The molecule has 0 saturated carbocycles. The van der Waals surface area contributed by atoms with Gasteiger partial charge in [0, 0.05) is 17.8 Å². The number of hydrogen-bond acceptors (Lipinski definition) is 3. The molecule has 7 heteroatoms. The van der Waals surface area contributed by atoms with Gasteiger partial charge in [-0.3, -0.25) is 9.52 Å². The van der Waals surface area contributed by atoms with Crippen LogP contribution in [0, 0.1) is 20.8 Å². The van der Waals surface area contributed by atoms with E-state index >= 15 is 0 Å². The Kier molecular flexibility index (Phi) is 7.59. The number of carbonyl (C=O) groups excluding carboxylic acids is 1. The Morgan fingerprint density at radius 2 is 1.72 bits per heavy atom. The van der Waals surface area contributed by atoms with E-state index in [2.05, 4.69) is 22.2 Å². The van der Waals surface area contributed by atoms with Gasteiger partial charge < -0.3 is 5.32 Å². The maximum absolute atomic E-state index is 12.9. The Morgan fingerprint density at radius 1 is 0.938 bits per heavy atom. The lowest BCUT2D eigenvalue weighted by Crippen LogP contribution is -2.25. The van der Waals surface area contributed by atoms with Gasteiger partial charge in [-0.2, -0.15) is 0 Å². The van der Waals surface area contributed by atoms with Crippen molar-refractivity contribution >= 4 is 33.2 Å². The Labute approximate surface area is 194 Å². The van der Waals surface area contributed by atoms with Gasteiger partial charge in [-0.15, -0.1) is 0 Å². The number of sulfonamides is 1. The maximum Gasteiger partial charge on any atom is 0.263 e. The van der Waals surface area contributed by atoms with Crippen LogP contribution in [0.1, 0.15) is 39.0 Å². The lowest BCUT2D eigenvalue weighted by atomic mass is 10.1. The highest BCUT2D eigenvalue weighted by Gasteiger charge is 2.20. The van der Waals surface area contributed by atoms with E-state index in [0.29, 0.717) is 12.2 Å². The highest BCUT2D eigenvalue weighted by Crippen LogP contribution is 2.26. The van der Waals surface area contributed by atoms with Gasteiger partial charge in [0.25, 0.3) is 15.9 Å². The average Bonchev–Trinajstić information content (AvgIpc) is 2.74. The highest BCUT2D eigenvalue weighted by molar-refractivity contribution is 7.92. The summed E-state index contributed by atoms with van der Waals surface area (Å²) in [6.07, 6.45) is 1.63. The average molecular weight is 471 g/mol. The van der Waals surface area contributed by atoms with Crippen LogP contribution in [0.5, 0.6) is 0 Å². The van der Waals surface area contributed by atoms with Crippen LogP contribution in [0.3, 0.4) is 0 Å². The Bertz CT molecular complexity index is 1240. The molecular weight excluding hydrogens is 444 g/mol. The van der Waals surface area contributed by atoms with Crippen LogP contribution >= 0.6 is 11.6 Å². The molecule has 32 heavy (non-hydrogen) atoms. The van der Waals surface area contributed by atoms with Crippen LogP contribution in [0.2, 0.25) is 5.02 Å². The second-order valence-corrected chi connectivity index (χ2v) is 9.96. The zero-order valence-corrected chi connectivity index (χ0v) is 20.0. The van der Waals surface area contributed by atoms with Crippen LogP contribution in [0.4, 0.5) is 5.69 Å². The second kappa shape index (κ2) is 10.2. The lowest BCUT2D eigenvalue weighted by molar-refractivity contribution is 0.0953. The van der Waals surface area contributed by atoms with Crippen LogP contribution in [-0.4, -0.2) is 20.9 Å². The first-order valence-corrected chi connectivity index (χ1v) is 12.3. The van der Waals surface area contributed by atoms with E-state index in [1.54, 1.807) is 12.1 Å². The quantitative estimate of drug-likeness (QED) is 0.431. The molecule has 0 unspecified atom stereocenters. The Morgan fingerprint density at radius 3 is 2.44 bits per heavy atom. The molecule has 0 aliphatic heterocycles. The third kappa shape index (κ3) is 6.11. The molecule has 0 aliphatic rings. The number of carbonyl (C=O) groups is 1. The topological polar surface area (TPSA) is 75.3 Å². The molecule has 2 N–H and O–H groups in total. The summed E-state index contributed by atoms with van der Waals surface area (Å²) in [5.41, 5.74) is 5.13. The largest absolute Gasteiger partial charge is 0.352 e. The molecule has 0 aliphatic carbocycles. The van der Waals surface area contributed by atoms with Crippen molar-refractivity contribution in [3.05, 3.63) is 93.5 Å². The Hall–Kier alpha value is -2.83. The zero-order chi connectivity index (χ0) is 23.3. The fourth-order valence-electron chi connectivity index (χ4n) is 3.33. The molecule has 1 amide bonds. The first-order chi connectivity index (χ1) is 15.2. The molecule has 3 aromatic carbocycles. The molecule has 3 rings (SSSR count). The van der Waals surface area contributed by atoms with Gasteiger partial charge in [0.05, 0.1) is 5.02 Å². The Balaban J connectivity index is 1.67. The summed E-state index contributed by atoms with van der Waals surface area (Å²) in [5.74, 6) is -0.339. The predicted octanol–water partition coefficient (Wildman–Crippen LogP) is 5.43. The summed E-state index contributed by atoms with van der Waals surface area (Å²) >= 11 is 6.16. The van der Waals surface area contributed by atoms with Crippen molar-refractivity contribution in [3.63, 3.8) is 0 Å². The third-order valence-corrected chi connectivity index (χ3v) is 7.12. The molecule has 0 spiro atoms. The van der Waals surface area contributed by atoms with Crippen LogP contribution in [0.25, 0.3) is 0 Å². The fourth-order valence-corrected chi connectivity index (χ4v) is 4.91. The number of benzene rings is 3. The minimum atomic E-state index is -3.96. The number of rotatable bonds is 8. The van der Waals surface area contributed by atoms with E-state index < -0.39 is 10.0 Å². The summed E-state index contributed by atoms with van der Waals surface area (Å²) in [6.45, 7) is 6.39. The lowest BCUT2D eigenvalue weighted by Gasteiger charge is -2.12. The molecule has 0 fully saturated rings. The number of hydrogen-bond donors (Lipinski definition) is 2. The molecule has 0 heterocycles. The maximum atomic E-state index is 12.9. The van der Waals surface area contributed by atoms with Crippen molar-refractivity contribution < 1.29 is 13.2 Å². The SMILES string of the molecule is Cc1cccc(CCCNC(=O)c2ccc(Cl)c(S(=O)(=O)Nc3ccc(C)c(C)c3)c2)c1. The van der Waals surface area contributed by atoms with Gasteiger partial charge in [0.2, 0.25) is 0 Å². The second-order valence-electron chi connectivity index (χ2n) is 7.90. The molecule has 0 aromatic heterocycles. The molecular formula is C25H27ClN2O3S. The first-order valence-electron chi connectivity index (χ1n) is 10.4. The van der Waals surface area contributed by atoms with E-state index in [1.807, 2.05) is 39.0 Å². The molecule has 0 bridgehead atoms. The standard InChI is InChI=1S/C25H27ClN2O3S/c1-17-6-4-7-20(14-17)8-5-13-27-25(29)21-10-12-23(26)24(16-21)32(30,31)28-22-11-9-18(2)19(3)15-22/h4,6-7,9-12,14-16,28H,5,8,13H2,1-3H3,(H,27,29). The van der Waals surface area contributed by atoms with E-state index in [4.69, 9.17) is 11.6 Å². The van der Waals surface area contributed by atoms with Crippen molar-refractivity contribution in [2.75, 3.05) is 11.3 Å². The first kappa shape index (κ1) is 23.8. The van der Waals surface area contributed by atoms with Crippen LogP contribution in [-0.2, 0) is 16.4 Å². The predicted molar refractivity (Wildman–Crippen MR) is 130 cm³/mol. The van der Waals surface area contributed by atoms with Crippen molar-refractivity contribution in [2.24, 2.45) is 0 Å². The summed E-state index contributed by atoms with van der Waals surface area (Å²) in [5, 5.41) is 2.90. The molecule has 0 saturated heterocycles. The van der Waals surface area contributed by atoms with E-state index in [1.165, 1.54) is 29.3 Å². The van der Waals surface area contributed by atoms with Gasteiger partial charge in [0.15, 0.2) is 0 Å². The number of aryl methyl sites for hydroxylation is 4. The van der Waals surface area contributed by atoms with Crippen molar-refractivity contribution in [1.82, 2.24) is 5.32 Å². The zero-order valence-electron chi connectivity index (χ0n) is 18.4. The number of nitrogens with one attached hydrogen (secondary N) is 2. The highest BCUT2D eigenvalue weighted by atomic mass is 35.5. The van der Waals surface area contributed by atoms with Crippen LogP contribution in [0.15, 0.2) is 65.6 Å². The minimum absolute atomic E-state index is 0.0531. The van der Waals surface area contributed by atoms with Crippen LogP contribution < -0.4 is 10.0 Å². The number of amides is 1. The van der Waals surface area contributed by atoms with E-state index in [0.717, 1.165) is 24.0 Å². The number of anilines is 1. The van der Waals surface area contributed by atoms with Crippen molar-refractivity contribution in [1.29, 1.82) is 0 Å². The van der Waals surface area contributed by atoms with Crippen molar-refractivity contribution in [3.8, 4) is 0 Å². The molecule has 0 radical (unpaired) electrons. The minimum Gasteiger partial charge on any atom is -0.352 e.